The quantitative estimate of drug-likeness (QED) is 0.444. The first-order chi connectivity index (χ1) is 4.27. The summed E-state index contributed by atoms with van der Waals surface area (Å²) < 4.78 is 5.08. The molecule has 1 nitrogen and oxygen atoms in total. The van der Waals surface area contributed by atoms with E-state index in [0.29, 0.717) is 5.92 Å². The van der Waals surface area contributed by atoms with E-state index >= 15 is 0 Å². The van der Waals surface area contributed by atoms with E-state index in [1.54, 1.807) is 20.4 Å². The van der Waals surface area contributed by atoms with Crippen LogP contribution in [0.3, 0.4) is 0 Å². The number of hydrogen-bond acceptors (Lipinski definition) is 1. The molecule has 0 spiro atoms. The van der Waals surface area contributed by atoms with E-state index in [1.807, 2.05) is 0 Å². The van der Waals surface area contributed by atoms with Crippen LogP contribution >= 0.6 is 0 Å². The fourth-order valence-electron chi connectivity index (χ4n) is 0.359. The van der Waals surface area contributed by atoms with Crippen LogP contribution in [0, 0.1) is 5.92 Å². The van der Waals surface area contributed by atoms with E-state index in [1.165, 1.54) is 0 Å². The van der Waals surface area contributed by atoms with Gasteiger partial charge in [0.2, 0.25) is 0 Å². The van der Waals surface area contributed by atoms with Crippen LogP contribution in [0.2, 0.25) is 0 Å². The molecule has 0 aliphatic carbocycles. The molecule has 0 N–H and O–H groups in total. The Bertz CT molecular complexity index is 101. The second-order valence-corrected chi connectivity index (χ2v) is 2.29. The summed E-state index contributed by atoms with van der Waals surface area (Å²) in [5.74, 6) is 0.597. The molecule has 0 bridgehead atoms. The van der Waals surface area contributed by atoms with Gasteiger partial charge in [0.25, 0.3) is 0 Å². The van der Waals surface area contributed by atoms with Crippen LogP contribution in [0.5, 0.6) is 0 Å². The second-order valence-electron chi connectivity index (χ2n) is 2.29. The molecule has 44 valence electrons. The summed E-state index contributed by atoms with van der Waals surface area (Å²) in [6, 6.07) is 0. The van der Waals surface area contributed by atoms with Gasteiger partial charge >= 0.3 is 58.8 Å². The average molecular weight is 117 g/mol. The van der Waals surface area contributed by atoms with Crippen LogP contribution in [-0.4, -0.2) is 34.4 Å². The van der Waals surface area contributed by atoms with Gasteiger partial charge in [0.15, 0.2) is 0 Å². The summed E-state index contributed by atoms with van der Waals surface area (Å²) in [6.45, 7) is 8.48. The molecule has 0 heterocycles. The van der Waals surface area contributed by atoms with Gasteiger partial charge < -0.3 is 0 Å². The van der Waals surface area contributed by atoms with Crippen LogP contribution in [0.15, 0.2) is 0 Å². The molecular weight excluding hydrogens is 107 g/mol. The Balaban J connectivity index is 3.08. The molecular formula is C4H10B4O. The topological polar surface area (TPSA) is 9.23 Å². The number of hydrogen-bond donors (Lipinski definition) is 0. The van der Waals surface area contributed by atoms with Crippen molar-refractivity contribution in [2.24, 2.45) is 5.92 Å². The van der Waals surface area contributed by atoms with Gasteiger partial charge in [-0.05, 0) is 0 Å². The van der Waals surface area contributed by atoms with Crippen LogP contribution in [-0.2, 0) is 4.65 Å². The minimum absolute atomic E-state index is 0.597. The first-order valence-corrected chi connectivity index (χ1v) is 3.16. The van der Waals surface area contributed by atoms with Gasteiger partial charge in [0, 0.05) is 0 Å². The molecule has 0 aliphatic rings. The van der Waals surface area contributed by atoms with Gasteiger partial charge in [-0.3, -0.25) is 0 Å². The molecule has 0 rings (SSSR count). The van der Waals surface area contributed by atoms with Gasteiger partial charge in [0.1, 0.15) is 0 Å². The summed E-state index contributed by atoms with van der Waals surface area (Å²) in [4.78, 5) is 0. The molecule has 0 saturated carbocycles. The van der Waals surface area contributed by atoms with Crippen LogP contribution < -0.4 is 0 Å². The van der Waals surface area contributed by atoms with Crippen molar-refractivity contribution in [2.45, 2.75) is 13.8 Å². The summed E-state index contributed by atoms with van der Waals surface area (Å²) >= 11 is 0. The van der Waals surface area contributed by atoms with Crippen molar-refractivity contribution in [3.63, 3.8) is 0 Å². The Labute approximate surface area is 59.6 Å². The third kappa shape index (κ3) is 8.06. The normalized spacial score (nSPS) is 8.22. The zero-order valence-electron chi connectivity index (χ0n) is 6.13. The van der Waals surface area contributed by atoms with Crippen molar-refractivity contribution in [3.05, 3.63) is 0 Å². The molecule has 0 aliphatic heterocycles. The van der Waals surface area contributed by atoms with Crippen molar-refractivity contribution in [3.8, 4) is 0 Å². The predicted octanol–water partition coefficient (Wildman–Crippen LogP) is -0.668. The standard InChI is InChI=1S/C4H10B4O/c1-4(2)3-9-8-7-6-5/h4-5H,3H2,1-2H3. The molecule has 0 aromatic rings. The Hall–Kier alpha value is 0.0597. The molecule has 0 saturated heterocycles. The Kier molecular flexibility index (Phi) is 6.22. The Morgan fingerprint density at radius 1 is 1.56 bits per heavy atom. The van der Waals surface area contributed by atoms with Gasteiger partial charge in [-0.2, -0.15) is 0 Å². The van der Waals surface area contributed by atoms with Gasteiger partial charge in [-0.1, -0.05) is 0 Å². The summed E-state index contributed by atoms with van der Waals surface area (Å²) in [5.41, 5.74) is 0. The molecule has 0 aromatic carbocycles. The molecule has 5 heteroatoms. The fraction of sp³-hybridized carbons (Fsp3) is 1.00. The van der Waals surface area contributed by atoms with E-state index in [0.717, 1.165) is 6.61 Å². The molecule has 0 aromatic heterocycles. The van der Waals surface area contributed by atoms with Gasteiger partial charge in [-0.25, -0.2) is 0 Å². The molecule has 0 fully saturated rings. The molecule has 0 unspecified atom stereocenters. The van der Waals surface area contributed by atoms with Crippen LogP contribution in [0.1, 0.15) is 13.8 Å². The fourth-order valence-corrected chi connectivity index (χ4v) is 0.359. The third-order valence-corrected chi connectivity index (χ3v) is 0.740. The zero-order valence-corrected chi connectivity index (χ0v) is 6.13. The predicted molar refractivity (Wildman–Crippen MR) is 45.2 cm³/mol. The van der Waals surface area contributed by atoms with E-state index in [2.05, 4.69) is 21.2 Å². The molecule has 0 radical (unpaired) electrons. The molecule has 9 heavy (non-hydrogen) atoms. The van der Waals surface area contributed by atoms with Crippen molar-refractivity contribution in [1.82, 2.24) is 0 Å². The van der Waals surface area contributed by atoms with Crippen LogP contribution in [0.4, 0.5) is 0 Å². The SMILES string of the molecule is B=BB=BOCC(C)C. The first-order valence-electron chi connectivity index (χ1n) is 3.16. The maximum absolute atomic E-state index is 5.08. The Morgan fingerprint density at radius 2 is 2.22 bits per heavy atom. The monoisotopic (exact) mass is 118 g/mol. The average Bonchev–Trinajstić information content (AvgIpc) is 1.80. The van der Waals surface area contributed by atoms with Gasteiger partial charge in [-0.15, -0.1) is 0 Å². The Morgan fingerprint density at radius 3 is 2.67 bits per heavy atom. The van der Waals surface area contributed by atoms with E-state index in [-0.39, 0.29) is 0 Å². The molecule has 0 amide bonds. The molecule has 0 atom stereocenters. The minimum atomic E-state index is 0.597. The van der Waals surface area contributed by atoms with Crippen molar-refractivity contribution < 1.29 is 4.65 Å². The van der Waals surface area contributed by atoms with Crippen LogP contribution in [0.25, 0.3) is 0 Å². The van der Waals surface area contributed by atoms with Crippen molar-refractivity contribution in [2.75, 3.05) is 6.61 Å². The van der Waals surface area contributed by atoms with E-state index in [9.17, 15) is 0 Å². The summed E-state index contributed by atoms with van der Waals surface area (Å²) in [6.07, 6.45) is 0. The zero-order chi connectivity index (χ0) is 7.11. The van der Waals surface area contributed by atoms with E-state index in [4.69, 9.17) is 4.65 Å². The summed E-state index contributed by atoms with van der Waals surface area (Å²) in [7, 11) is 5.17. The van der Waals surface area contributed by atoms with Gasteiger partial charge in [0.05, 0.1) is 0 Å². The summed E-state index contributed by atoms with van der Waals surface area (Å²) in [5, 5.41) is 0. The van der Waals surface area contributed by atoms with Crippen molar-refractivity contribution >= 4 is 27.8 Å². The third-order valence-electron chi connectivity index (χ3n) is 0.740. The number of rotatable bonds is 4. The van der Waals surface area contributed by atoms with E-state index < -0.39 is 0 Å². The first kappa shape index (κ1) is 9.06. The van der Waals surface area contributed by atoms with Crippen molar-refractivity contribution in [1.29, 1.82) is 0 Å². The maximum atomic E-state index is 5.08. The second kappa shape index (κ2) is 6.18.